The molecule has 2 heterocycles. The standard InChI is InChI=1S/C11H17ClN4O/c1-8(2)7-17-11-14-9(12)13-10(15-11)16-5-3-4-6-16/h8H,3-7H2,1-2H3. The van der Waals surface area contributed by atoms with Gasteiger partial charge in [0.15, 0.2) is 0 Å². The van der Waals surface area contributed by atoms with Gasteiger partial charge in [-0.2, -0.15) is 15.0 Å². The van der Waals surface area contributed by atoms with Crippen LogP contribution < -0.4 is 9.64 Å². The fourth-order valence-corrected chi connectivity index (χ4v) is 1.83. The minimum atomic E-state index is 0.195. The summed E-state index contributed by atoms with van der Waals surface area (Å²) in [6, 6.07) is 0.320. The zero-order chi connectivity index (χ0) is 12.3. The predicted molar refractivity (Wildman–Crippen MR) is 66.6 cm³/mol. The van der Waals surface area contributed by atoms with E-state index in [0.717, 1.165) is 13.1 Å². The van der Waals surface area contributed by atoms with Gasteiger partial charge in [-0.3, -0.25) is 0 Å². The minimum Gasteiger partial charge on any atom is -0.463 e. The van der Waals surface area contributed by atoms with Gasteiger partial charge in [-0.1, -0.05) is 13.8 Å². The molecule has 0 spiro atoms. The number of ether oxygens (including phenoxy) is 1. The highest BCUT2D eigenvalue weighted by Gasteiger charge is 2.17. The fourth-order valence-electron chi connectivity index (χ4n) is 1.69. The first-order valence-electron chi connectivity index (χ1n) is 5.94. The Labute approximate surface area is 106 Å². The van der Waals surface area contributed by atoms with Crippen LogP contribution in [0.1, 0.15) is 26.7 Å². The van der Waals surface area contributed by atoms with Crippen LogP contribution in [0.2, 0.25) is 5.28 Å². The van der Waals surface area contributed by atoms with E-state index in [1.165, 1.54) is 12.8 Å². The molecule has 1 aromatic heterocycles. The summed E-state index contributed by atoms with van der Waals surface area (Å²) < 4.78 is 5.48. The molecule has 1 fully saturated rings. The second-order valence-corrected chi connectivity index (χ2v) is 4.92. The van der Waals surface area contributed by atoms with Crippen LogP contribution >= 0.6 is 11.6 Å². The number of hydrogen-bond donors (Lipinski definition) is 0. The molecule has 2 rings (SSSR count). The number of aromatic nitrogens is 3. The molecule has 6 heteroatoms. The van der Waals surface area contributed by atoms with E-state index in [4.69, 9.17) is 16.3 Å². The first-order valence-corrected chi connectivity index (χ1v) is 6.32. The van der Waals surface area contributed by atoms with Crippen LogP contribution in [0.5, 0.6) is 6.01 Å². The van der Waals surface area contributed by atoms with Crippen molar-refractivity contribution in [2.24, 2.45) is 5.92 Å². The average molecular weight is 257 g/mol. The normalized spacial score (nSPS) is 15.6. The molecule has 0 unspecified atom stereocenters. The van der Waals surface area contributed by atoms with E-state index in [1.807, 2.05) is 0 Å². The van der Waals surface area contributed by atoms with E-state index in [2.05, 4.69) is 33.7 Å². The highest BCUT2D eigenvalue weighted by Crippen LogP contribution is 2.19. The topological polar surface area (TPSA) is 51.1 Å². The SMILES string of the molecule is CC(C)COc1nc(Cl)nc(N2CCCC2)n1. The first-order chi connectivity index (χ1) is 8.15. The van der Waals surface area contributed by atoms with Crippen molar-refractivity contribution in [3.05, 3.63) is 5.28 Å². The maximum atomic E-state index is 5.87. The summed E-state index contributed by atoms with van der Waals surface area (Å²) in [7, 11) is 0. The Morgan fingerprint density at radius 1 is 1.24 bits per heavy atom. The lowest BCUT2D eigenvalue weighted by Gasteiger charge is -2.15. The summed E-state index contributed by atoms with van der Waals surface area (Å²) in [5, 5.41) is 0.195. The van der Waals surface area contributed by atoms with Gasteiger partial charge in [0, 0.05) is 13.1 Å². The molecule has 0 N–H and O–H groups in total. The fraction of sp³-hybridized carbons (Fsp3) is 0.727. The summed E-state index contributed by atoms with van der Waals surface area (Å²) >= 11 is 5.87. The number of hydrogen-bond acceptors (Lipinski definition) is 5. The maximum absolute atomic E-state index is 5.87. The third-order valence-corrected chi connectivity index (χ3v) is 2.68. The molecule has 17 heavy (non-hydrogen) atoms. The molecule has 5 nitrogen and oxygen atoms in total. The third-order valence-electron chi connectivity index (χ3n) is 2.51. The maximum Gasteiger partial charge on any atom is 0.322 e. The van der Waals surface area contributed by atoms with Crippen molar-refractivity contribution in [2.75, 3.05) is 24.6 Å². The molecule has 0 amide bonds. The number of halogens is 1. The van der Waals surface area contributed by atoms with Crippen LogP contribution in [0.3, 0.4) is 0 Å². The summed E-state index contributed by atoms with van der Waals surface area (Å²) in [6.07, 6.45) is 2.34. The van der Waals surface area contributed by atoms with Gasteiger partial charge in [0.05, 0.1) is 6.61 Å². The minimum absolute atomic E-state index is 0.195. The number of anilines is 1. The van der Waals surface area contributed by atoms with Gasteiger partial charge in [-0.15, -0.1) is 0 Å². The van der Waals surface area contributed by atoms with Crippen LogP contribution in [0.25, 0.3) is 0 Å². The molecule has 0 aromatic carbocycles. The van der Waals surface area contributed by atoms with E-state index in [9.17, 15) is 0 Å². The molecule has 1 aromatic rings. The van der Waals surface area contributed by atoms with Crippen molar-refractivity contribution in [3.63, 3.8) is 0 Å². The van der Waals surface area contributed by atoms with Crippen molar-refractivity contribution in [2.45, 2.75) is 26.7 Å². The summed E-state index contributed by atoms with van der Waals surface area (Å²) in [4.78, 5) is 14.5. The zero-order valence-electron chi connectivity index (χ0n) is 10.2. The Bertz CT molecular complexity index is 380. The molecule has 1 aliphatic heterocycles. The molecular weight excluding hydrogens is 240 g/mol. The lowest BCUT2D eigenvalue weighted by atomic mass is 10.2. The number of rotatable bonds is 4. The summed E-state index contributed by atoms with van der Waals surface area (Å²) in [6.45, 7) is 6.68. The summed E-state index contributed by atoms with van der Waals surface area (Å²) in [5.41, 5.74) is 0. The van der Waals surface area contributed by atoms with Gasteiger partial charge in [0.1, 0.15) is 0 Å². The van der Waals surface area contributed by atoms with Crippen LogP contribution in [-0.4, -0.2) is 34.6 Å². The predicted octanol–water partition coefficient (Wildman–Crippen LogP) is 2.16. The van der Waals surface area contributed by atoms with Crippen molar-refractivity contribution in [1.82, 2.24) is 15.0 Å². The molecule has 0 aliphatic carbocycles. The molecule has 0 saturated carbocycles. The van der Waals surface area contributed by atoms with Crippen molar-refractivity contribution in [1.29, 1.82) is 0 Å². The number of nitrogens with zero attached hydrogens (tertiary/aromatic N) is 4. The molecule has 1 saturated heterocycles. The Morgan fingerprint density at radius 3 is 2.59 bits per heavy atom. The smallest absolute Gasteiger partial charge is 0.322 e. The lowest BCUT2D eigenvalue weighted by Crippen LogP contribution is -2.21. The van der Waals surface area contributed by atoms with E-state index in [1.54, 1.807) is 0 Å². The largest absolute Gasteiger partial charge is 0.463 e. The van der Waals surface area contributed by atoms with Crippen LogP contribution in [-0.2, 0) is 0 Å². The van der Waals surface area contributed by atoms with E-state index >= 15 is 0 Å². The molecule has 0 atom stereocenters. The highest BCUT2D eigenvalue weighted by atomic mass is 35.5. The van der Waals surface area contributed by atoms with Gasteiger partial charge in [-0.25, -0.2) is 0 Å². The molecule has 1 aliphatic rings. The van der Waals surface area contributed by atoms with Crippen molar-refractivity contribution >= 4 is 17.5 Å². The molecular formula is C11H17ClN4O. The van der Waals surface area contributed by atoms with Gasteiger partial charge < -0.3 is 9.64 Å². The third kappa shape index (κ3) is 3.43. The first kappa shape index (κ1) is 12.4. The second kappa shape index (κ2) is 5.49. The Hall–Kier alpha value is -1.10. The van der Waals surface area contributed by atoms with E-state index in [-0.39, 0.29) is 5.28 Å². The van der Waals surface area contributed by atoms with Crippen LogP contribution in [0.15, 0.2) is 0 Å². The molecule has 94 valence electrons. The molecule has 0 bridgehead atoms. The van der Waals surface area contributed by atoms with Crippen LogP contribution in [0, 0.1) is 5.92 Å². The van der Waals surface area contributed by atoms with E-state index < -0.39 is 0 Å². The Balaban J connectivity index is 2.11. The van der Waals surface area contributed by atoms with Crippen molar-refractivity contribution in [3.8, 4) is 6.01 Å². The Morgan fingerprint density at radius 2 is 1.94 bits per heavy atom. The average Bonchev–Trinajstić information content (AvgIpc) is 2.79. The second-order valence-electron chi connectivity index (χ2n) is 4.59. The highest BCUT2D eigenvalue weighted by molar-refractivity contribution is 6.28. The van der Waals surface area contributed by atoms with E-state index in [0.29, 0.717) is 24.5 Å². The van der Waals surface area contributed by atoms with Gasteiger partial charge in [-0.05, 0) is 30.4 Å². The zero-order valence-corrected chi connectivity index (χ0v) is 10.9. The summed E-state index contributed by atoms with van der Waals surface area (Å²) in [5.74, 6) is 1.06. The Kier molecular flexibility index (Phi) is 3.99. The monoisotopic (exact) mass is 256 g/mol. The van der Waals surface area contributed by atoms with Crippen molar-refractivity contribution < 1.29 is 4.74 Å². The van der Waals surface area contributed by atoms with Gasteiger partial charge in [0.2, 0.25) is 11.2 Å². The molecule has 0 radical (unpaired) electrons. The van der Waals surface area contributed by atoms with Crippen LogP contribution in [0.4, 0.5) is 5.95 Å². The quantitative estimate of drug-likeness (QED) is 0.826. The lowest BCUT2D eigenvalue weighted by molar-refractivity contribution is 0.250. The van der Waals surface area contributed by atoms with Gasteiger partial charge in [0.25, 0.3) is 0 Å². The van der Waals surface area contributed by atoms with Gasteiger partial charge >= 0.3 is 6.01 Å².